The molecule has 0 spiro atoms. The van der Waals surface area contributed by atoms with Gasteiger partial charge in [0.15, 0.2) is 11.5 Å². The SMILES string of the molecule is CSCC[C@H](N)C(=O)N(O)C[C@H]1O[C@@H](Cn2cnc3c(N)ncnc32)[C@H](O)[C@@H]1O. The zero-order chi connectivity index (χ0) is 21.1. The standard InChI is InChI=1S/C16H25N7O5S/c1-29-3-2-8(17)16(26)23(27)5-10-13(25)12(24)9(28-10)4-22-7-21-11-14(18)19-6-20-15(11)22/h6-10,12-13,24-25,27H,2-5,17H2,1H3,(H2,18,19,20)/t8-,9-,10+,12-,13+/m0/s1. The molecule has 29 heavy (non-hydrogen) atoms. The second-order valence-corrected chi connectivity index (χ2v) is 7.82. The van der Waals surface area contributed by atoms with Crippen LogP contribution in [0, 0.1) is 0 Å². The van der Waals surface area contributed by atoms with Crippen LogP contribution in [-0.4, -0.2) is 94.9 Å². The van der Waals surface area contributed by atoms with Gasteiger partial charge in [-0.3, -0.25) is 10.0 Å². The molecule has 7 N–H and O–H groups in total. The van der Waals surface area contributed by atoms with Gasteiger partial charge < -0.3 is 31.0 Å². The van der Waals surface area contributed by atoms with Crippen molar-refractivity contribution < 1.29 is 25.0 Å². The number of hydrogen-bond acceptors (Lipinski definition) is 11. The molecule has 0 aromatic carbocycles. The maximum absolute atomic E-state index is 12.1. The molecule has 2 aromatic heterocycles. The number of aromatic nitrogens is 4. The summed E-state index contributed by atoms with van der Waals surface area (Å²) < 4.78 is 7.32. The van der Waals surface area contributed by atoms with E-state index in [1.807, 2.05) is 6.26 Å². The van der Waals surface area contributed by atoms with Crippen molar-refractivity contribution >= 4 is 34.7 Å². The fourth-order valence-electron chi connectivity index (χ4n) is 3.17. The minimum Gasteiger partial charge on any atom is -0.388 e. The minimum absolute atomic E-state index is 0.133. The number of hydroxylamine groups is 2. The summed E-state index contributed by atoms with van der Waals surface area (Å²) in [6.07, 6.45) is 0.776. The van der Waals surface area contributed by atoms with Crippen molar-refractivity contribution in [3.05, 3.63) is 12.7 Å². The van der Waals surface area contributed by atoms with Crippen LogP contribution in [0.5, 0.6) is 0 Å². The molecule has 1 aliphatic heterocycles. The van der Waals surface area contributed by atoms with Crippen LogP contribution in [0.1, 0.15) is 6.42 Å². The molecule has 13 heteroatoms. The fourth-order valence-corrected chi connectivity index (χ4v) is 3.66. The number of thioether (sulfide) groups is 1. The Labute approximate surface area is 170 Å². The molecule has 0 aliphatic carbocycles. The molecule has 5 atom stereocenters. The normalized spacial score (nSPS) is 25.4. The lowest BCUT2D eigenvalue weighted by Gasteiger charge is -2.23. The Bertz CT molecular complexity index is 852. The van der Waals surface area contributed by atoms with Crippen molar-refractivity contribution in [2.24, 2.45) is 5.73 Å². The number of ether oxygens (including phenoxy) is 1. The Morgan fingerprint density at radius 2 is 2.07 bits per heavy atom. The van der Waals surface area contributed by atoms with Gasteiger partial charge in [0.2, 0.25) is 0 Å². The molecule has 3 heterocycles. The molecule has 1 fully saturated rings. The number of nitrogens with zero attached hydrogens (tertiary/aromatic N) is 5. The van der Waals surface area contributed by atoms with Gasteiger partial charge in [-0.1, -0.05) is 0 Å². The molecular weight excluding hydrogens is 402 g/mol. The quantitative estimate of drug-likeness (QED) is 0.236. The van der Waals surface area contributed by atoms with E-state index in [4.69, 9.17) is 16.2 Å². The summed E-state index contributed by atoms with van der Waals surface area (Å²) in [7, 11) is 0. The van der Waals surface area contributed by atoms with Crippen LogP contribution in [0.2, 0.25) is 0 Å². The highest BCUT2D eigenvalue weighted by molar-refractivity contribution is 7.98. The van der Waals surface area contributed by atoms with Crippen molar-refractivity contribution in [2.45, 2.75) is 43.4 Å². The Morgan fingerprint density at radius 3 is 2.79 bits per heavy atom. The molecule has 2 aromatic rings. The Balaban J connectivity index is 1.64. The van der Waals surface area contributed by atoms with Gasteiger partial charge in [0, 0.05) is 0 Å². The maximum Gasteiger partial charge on any atom is 0.262 e. The van der Waals surface area contributed by atoms with Crippen molar-refractivity contribution in [1.29, 1.82) is 0 Å². The number of aliphatic hydroxyl groups excluding tert-OH is 2. The number of nitrogens with two attached hydrogens (primary N) is 2. The highest BCUT2D eigenvalue weighted by atomic mass is 32.2. The van der Waals surface area contributed by atoms with Gasteiger partial charge in [0.1, 0.15) is 36.3 Å². The van der Waals surface area contributed by atoms with E-state index < -0.39 is 36.4 Å². The zero-order valence-electron chi connectivity index (χ0n) is 15.8. The predicted octanol–water partition coefficient (Wildman–Crippen LogP) is -1.80. The zero-order valence-corrected chi connectivity index (χ0v) is 16.6. The average Bonchev–Trinajstić information content (AvgIpc) is 3.23. The first-order chi connectivity index (χ1) is 13.8. The third-order valence-electron chi connectivity index (χ3n) is 4.82. The number of carbonyl (C=O) groups excluding carboxylic acids is 1. The van der Waals surface area contributed by atoms with E-state index in [-0.39, 0.29) is 18.9 Å². The Kier molecular flexibility index (Phi) is 6.87. The number of carbonyl (C=O) groups is 1. The molecule has 160 valence electrons. The van der Waals surface area contributed by atoms with Gasteiger partial charge >= 0.3 is 0 Å². The van der Waals surface area contributed by atoms with Crippen LogP contribution in [0.25, 0.3) is 11.2 Å². The summed E-state index contributed by atoms with van der Waals surface area (Å²) >= 11 is 1.54. The number of hydrogen-bond donors (Lipinski definition) is 5. The van der Waals surface area contributed by atoms with Crippen molar-refractivity contribution in [1.82, 2.24) is 24.6 Å². The average molecular weight is 427 g/mol. The molecule has 12 nitrogen and oxygen atoms in total. The molecule has 0 saturated carbocycles. The topological polar surface area (TPSA) is 186 Å². The summed E-state index contributed by atoms with van der Waals surface area (Å²) in [5.74, 6) is 0.240. The molecule has 3 rings (SSSR count). The number of aliphatic hydroxyl groups is 2. The van der Waals surface area contributed by atoms with E-state index in [1.54, 1.807) is 16.3 Å². The first kappa shape index (κ1) is 21.7. The van der Waals surface area contributed by atoms with Crippen LogP contribution in [0.4, 0.5) is 5.82 Å². The first-order valence-electron chi connectivity index (χ1n) is 9.01. The summed E-state index contributed by atoms with van der Waals surface area (Å²) in [5, 5.41) is 31.1. The lowest BCUT2D eigenvalue weighted by atomic mass is 10.1. The van der Waals surface area contributed by atoms with E-state index in [9.17, 15) is 20.2 Å². The third kappa shape index (κ3) is 4.60. The second kappa shape index (κ2) is 9.19. The molecular formula is C16H25N7O5S. The number of imidazole rings is 1. The van der Waals surface area contributed by atoms with E-state index in [0.717, 1.165) is 0 Å². The number of fused-ring (bicyclic) bond motifs is 1. The van der Waals surface area contributed by atoms with E-state index in [2.05, 4.69) is 15.0 Å². The van der Waals surface area contributed by atoms with Crippen LogP contribution >= 0.6 is 11.8 Å². The van der Waals surface area contributed by atoms with Crippen molar-refractivity contribution in [3.63, 3.8) is 0 Å². The molecule has 0 unspecified atom stereocenters. The minimum atomic E-state index is -1.29. The van der Waals surface area contributed by atoms with Crippen LogP contribution in [-0.2, 0) is 16.1 Å². The summed E-state index contributed by atoms with van der Waals surface area (Å²) in [6, 6.07) is -0.853. The maximum atomic E-state index is 12.1. The Morgan fingerprint density at radius 1 is 1.34 bits per heavy atom. The van der Waals surface area contributed by atoms with Gasteiger partial charge in [-0.25, -0.2) is 20.0 Å². The second-order valence-electron chi connectivity index (χ2n) is 6.83. The number of amides is 1. The van der Waals surface area contributed by atoms with Crippen LogP contribution in [0.15, 0.2) is 12.7 Å². The molecule has 0 bridgehead atoms. The monoisotopic (exact) mass is 427 g/mol. The van der Waals surface area contributed by atoms with E-state index in [0.29, 0.717) is 28.4 Å². The lowest BCUT2D eigenvalue weighted by Crippen LogP contribution is -2.47. The third-order valence-corrected chi connectivity index (χ3v) is 5.47. The number of rotatable bonds is 8. The van der Waals surface area contributed by atoms with Gasteiger partial charge in [-0.15, -0.1) is 0 Å². The van der Waals surface area contributed by atoms with Crippen LogP contribution < -0.4 is 11.5 Å². The van der Waals surface area contributed by atoms with Crippen molar-refractivity contribution in [3.8, 4) is 0 Å². The molecule has 1 saturated heterocycles. The summed E-state index contributed by atoms with van der Waals surface area (Å²) in [4.78, 5) is 24.3. The fraction of sp³-hybridized carbons (Fsp3) is 0.625. The van der Waals surface area contributed by atoms with Crippen LogP contribution in [0.3, 0.4) is 0 Å². The summed E-state index contributed by atoms with van der Waals surface area (Å²) in [5.41, 5.74) is 12.4. The summed E-state index contributed by atoms with van der Waals surface area (Å²) in [6.45, 7) is -0.186. The highest BCUT2D eigenvalue weighted by Crippen LogP contribution is 2.25. The smallest absolute Gasteiger partial charge is 0.262 e. The predicted molar refractivity (Wildman–Crippen MR) is 105 cm³/mol. The molecule has 1 amide bonds. The molecule has 0 radical (unpaired) electrons. The molecule has 1 aliphatic rings. The largest absolute Gasteiger partial charge is 0.388 e. The highest BCUT2D eigenvalue weighted by Gasteiger charge is 2.44. The van der Waals surface area contributed by atoms with E-state index >= 15 is 0 Å². The van der Waals surface area contributed by atoms with Crippen molar-refractivity contribution in [2.75, 3.05) is 24.3 Å². The number of nitrogen functional groups attached to an aromatic ring is 1. The van der Waals surface area contributed by atoms with Gasteiger partial charge in [0.25, 0.3) is 5.91 Å². The Hall–Kier alpha value is -2.03. The first-order valence-corrected chi connectivity index (χ1v) is 10.4. The number of anilines is 1. The van der Waals surface area contributed by atoms with Gasteiger partial charge in [0.05, 0.1) is 25.5 Å². The lowest BCUT2D eigenvalue weighted by molar-refractivity contribution is -0.176. The van der Waals surface area contributed by atoms with Gasteiger partial charge in [-0.2, -0.15) is 11.8 Å². The van der Waals surface area contributed by atoms with Gasteiger partial charge in [-0.05, 0) is 18.4 Å². The van der Waals surface area contributed by atoms with E-state index in [1.165, 1.54) is 12.7 Å².